The molecule has 500 valence electrons. The van der Waals surface area contributed by atoms with Crippen LogP contribution in [0.1, 0.15) is 386 Å². The van der Waals surface area contributed by atoms with Gasteiger partial charge in [-0.1, -0.05) is 371 Å². The summed E-state index contributed by atoms with van der Waals surface area (Å²) in [7, 11) is -4.39. The number of carbonyl (C=O) groups is 2. The molecule has 0 aromatic heterocycles. The predicted octanol–water partition coefficient (Wildman–Crippen LogP) is 24.4. The molecular weight excluding hydrogens is 1070 g/mol. The van der Waals surface area contributed by atoms with Gasteiger partial charge in [-0.25, -0.2) is 4.57 Å². The standard InChI is InChI=1S/C75H142NO8P/c1-3-5-7-9-11-13-15-17-19-21-23-25-27-29-30-31-32-33-34-35-36-37-38-39-40-41-42-44-46-48-50-52-54-56-58-60-62-64-66-68-75(78)84-73(72-83-85(79,80)82-70-69-76)71-81-74(77)67-65-63-61-59-57-55-53-51-49-47-45-43-28-26-24-22-20-18-16-14-12-10-8-6-4-2/h5,7,11,13,17,19,23,25,73H,3-4,6,8-10,12,14-16,18,20-22,24,26-72,76H2,1-2H3,(H,79,80)/b7-5-,13-11-,19-17-,25-23-. The minimum absolute atomic E-state index is 0.0567. The topological polar surface area (TPSA) is 134 Å². The normalized spacial score (nSPS) is 13.1. The Kier molecular flexibility index (Phi) is 69.4. The molecule has 10 heteroatoms. The Balaban J connectivity index is 3.76. The maximum atomic E-state index is 12.8. The van der Waals surface area contributed by atoms with E-state index in [4.69, 9.17) is 24.3 Å². The van der Waals surface area contributed by atoms with E-state index in [9.17, 15) is 19.0 Å². The number of rotatable bonds is 71. The van der Waals surface area contributed by atoms with Crippen LogP contribution < -0.4 is 5.73 Å². The highest BCUT2D eigenvalue weighted by Gasteiger charge is 2.26. The lowest BCUT2D eigenvalue weighted by atomic mass is 10.0. The van der Waals surface area contributed by atoms with Crippen molar-refractivity contribution in [2.24, 2.45) is 5.73 Å². The van der Waals surface area contributed by atoms with Crippen molar-refractivity contribution in [2.75, 3.05) is 26.4 Å². The maximum absolute atomic E-state index is 12.8. The van der Waals surface area contributed by atoms with Gasteiger partial charge in [-0.3, -0.25) is 18.6 Å². The summed E-state index contributed by atoms with van der Waals surface area (Å²) in [5.74, 6) is -0.801. The average Bonchev–Trinajstić information content (AvgIpc) is 3.53. The number of esters is 2. The molecular formula is C75H142NO8P. The number of hydrogen-bond donors (Lipinski definition) is 2. The minimum atomic E-state index is -4.39. The average molecular weight is 1220 g/mol. The van der Waals surface area contributed by atoms with E-state index in [0.717, 1.165) is 57.8 Å². The molecule has 0 heterocycles. The van der Waals surface area contributed by atoms with Crippen molar-refractivity contribution >= 4 is 19.8 Å². The SMILES string of the molecule is CC/C=C\C/C=C\C/C=C\C/C=C\CCCCCCCCCCCCCCCCCCCCCCCCCCCCC(=O)OC(COC(=O)CCCCCCCCCCCCCCCCCCCCCCCCCCC)COP(=O)(O)OCCN. The largest absolute Gasteiger partial charge is 0.472 e. The summed E-state index contributed by atoms with van der Waals surface area (Å²) in [6.45, 7) is 3.71. The zero-order valence-electron chi connectivity index (χ0n) is 56.4. The van der Waals surface area contributed by atoms with Crippen LogP contribution in [-0.4, -0.2) is 49.3 Å². The molecule has 0 spiro atoms. The number of hydrogen-bond acceptors (Lipinski definition) is 8. The van der Waals surface area contributed by atoms with Gasteiger partial charge in [-0.2, -0.15) is 0 Å². The van der Waals surface area contributed by atoms with Crippen LogP contribution in [-0.2, 0) is 32.7 Å². The van der Waals surface area contributed by atoms with Gasteiger partial charge in [0, 0.05) is 19.4 Å². The first-order valence-electron chi connectivity index (χ1n) is 37.1. The summed E-state index contributed by atoms with van der Waals surface area (Å²) in [5, 5.41) is 0. The third-order valence-corrected chi connectivity index (χ3v) is 17.7. The summed E-state index contributed by atoms with van der Waals surface area (Å²) >= 11 is 0. The van der Waals surface area contributed by atoms with E-state index in [1.807, 2.05) is 0 Å². The summed E-state index contributed by atoms with van der Waals surface area (Å²) in [5.41, 5.74) is 5.41. The van der Waals surface area contributed by atoms with Gasteiger partial charge in [-0.15, -0.1) is 0 Å². The van der Waals surface area contributed by atoms with Gasteiger partial charge in [0.15, 0.2) is 6.10 Å². The Morgan fingerprint density at radius 2 is 0.647 bits per heavy atom. The molecule has 0 amide bonds. The van der Waals surface area contributed by atoms with Gasteiger partial charge in [0.2, 0.25) is 0 Å². The molecule has 0 aromatic carbocycles. The molecule has 3 N–H and O–H groups in total. The number of nitrogens with two attached hydrogens (primary N) is 1. The van der Waals surface area contributed by atoms with Crippen LogP contribution in [0, 0.1) is 0 Å². The number of phosphoric ester groups is 1. The second kappa shape index (κ2) is 71.1. The second-order valence-corrected chi connectivity index (χ2v) is 26.6. The maximum Gasteiger partial charge on any atom is 0.472 e. The molecule has 0 aliphatic rings. The first kappa shape index (κ1) is 83.0. The molecule has 0 bridgehead atoms. The Hall–Kier alpha value is -2.03. The Morgan fingerprint density at radius 3 is 0.965 bits per heavy atom. The summed E-state index contributed by atoms with van der Waals surface area (Å²) in [4.78, 5) is 35.4. The molecule has 9 nitrogen and oxygen atoms in total. The molecule has 0 radical (unpaired) electrons. The van der Waals surface area contributed by atoms with Gasteiger partial charge in [0.05, 0.1) is 13.2 Å². The van der Waals surface area contributed by atoms with Gasteiger partial charge in [0.1, 0.15) is 6.61 Å². The highest BCUT2D eigenvalue weighted by molar-refractivity contribution is 7.47. The van der Waals surface area contributed by atoms with Gasteiger partial charge >= 0.3 is 19.8 Å². The molecule has 0 saturated heterocycles. The molecule has 0 saturated carbocycles. The van der Waals surface area contributed by atoms with Gasteiger partial charge in [0.25, 0.3) is 0 Å². The third kappa shape index (κ3) is 70.9. The zero-order chi connectivity index (χ0) is 61.6. The second-order valence-electron chi connectivity index (χ2n) is 25.1. The van der Waals surface area contributed by atoms with Crippen LogP contribution in [0.2, 0.25) is 0 Å². The van der Waals surface area contributed by atoms with Crippen LogP contribution in [0.25, 0.3) is 0 Å². The number of ether oxygens (including phenoxy) is 2. The Morgan fingerprint density at radius 1 is 0.365 bits per heavy atom. The fraction of sp³-hybridized carbons (Fsp3) is 0.867. The van der Waals surface area contributed by atoms with Crippen LogP contribution in [0.4, 0.5) is 0 Å². The highest BCUT2D eigenvalue weighted by atomic mass is 31.2. The van der Waals surface area contributed by atoms with Crippen molar-refractivity contribution in [3.05, 3.63) is 48.6 Å². The van der Waals surface area contributed by atoms with E-state index in [2.05, 4.69) is 62.5 Å². The first-order chi connectivity index (χ1) is 41.8. The number of allylic oxidation sites excluding steroid dienone is 8. The smallest absolute Gasteiger partial charge is 0.462 e. The molecule has 0 aliphatic heterocycles. The molecule has 0 aromatic rings. The van der Waals surface area contributed by atoms with E-state index in [1.54, 1.807) is 0 Å². The lowest BCUT2D eigenvalue weighted by Crippen LogP contribution is -2.29. The van der Waals surface area contributed by atoms with Crippen molar-refractivity contribution in [2.45, 2.75) is 392 Å². The van der Waals surface area contributed by atoms with E-state index in [0.29, 0.717) is 6.42 Å². The first-order valence-corrected chi connectivity index (χ1v) is 38.6. The Bertz CT molecular complexity index is 1530. The summed E-state index contributed by atoms with van der Waals surface area (Å²) < 4.78 is 33.2. The van der Waals surface area contributed by atoms with Crippen molar-refractivity contribution in [3.63, 3.8) is 0 Å². The Labute approximate surface area is 527 Å². The highest BCUT2D eigenvalue weighted by Crippen LogP contribution is 2.43. The fourth-order valence-corrected chi connectivity index (χ4v) is 12.0. The molecule has 85 heavy (non-hydrogen) atoms. The predicted molar refractivity (Wildman–Crippen MR) is 367 cm³/mol. The monoisotopic (exact) mass is 1220 g/mol. The van der Waals surface area contributed by atoms with E-state index in [1.165, 1.54) is 295 Å². The zero-order valence-corrected chi connectivity index (χ0v) is 57.3. The lowest BCUT2D eigenvalue weighted by Gasteiger charge is -2.19. The quantitative estimate of drug-likeness (QED) is 0.0264. The van der Waals surface area contributed by atoms with Crippen molar-refractivity contribution in [1.82, 2.24) is 0 Å². The summed E-state index contributed by atoms with van der Waals surface area (Å²) in [6.07, 6.45) is 90.9. The minimum Gasteiger partial charge on any atom is -0.462 e. The summed E-state index contributed by atoms with van der Waals surface area (Å²) in [6, 6.07) is 0. The van der Waals surface area contributed by atoms with Crippen LogP contribution >= 0.6 is 7.82 Å². The third-order valence-electron chi connectivity index (χ3n) is 16.7. The molecule has 2 unspecified atom stereocenters. The van der Waals surface area contributed by atoms with Gasteiger partial charge < -0.3 is 20.1 Å². The van der Waals surface area contributed by atoms with Crippen LogP contribution in [0.5, 0.6) is 0 Å². The lowest BCUT2D eigenvalue weighted by molar-refractivity contribution is -0.161. The van der Waals surface area contributed by atoms with E-state index in [-0.39, 0.29) is 38.6 Å². The number of phosphoric acid groups is 1. The molecule has 0 fully saturated rings. The fourth-order valence-electron chi connectivity index (χ4n) is 11.3. The molecule has 0 aliphatic carbocycles. The van der Waals surface area contributed by atoms with E-state index >= 15 is 0 Å². The molecule has 2 atom stereocenters. The number of unbranched alkanes of at least 4 members (excludes halogenated alkanes) is 50. The van der Waals surface area contributed by atoms with Crippen molar-refractivity contribution in [1.29, 1.82) is 0 Å². The van der Waals surface area contributed by atoms with Crippen LogP contribution in [0.15, 0.2) is 48.6 Å². The number of carbonyl (C=O) groups excluding carboxylic acids is 2. The van der Waals surface area contributed by atoms with Crippen molar-refractivity contribution < 1.29 is 37.6 Å². The molecule has 0 rings (SSSR count). The van der Waals surface area contributed by atoms with E-state index < -0.39 is 26.5 Å². The van der Waals surface area contributed by atoms with Gasteiger partial charge in [-0.05, 0) is 51.4 Å². The van der Waals surface area contributed by atoms with Crippen molar-refractivity contribution in [3.8, 4) is 0 Å². The van der Waals surface area contributed by atoms with Crippen LogP contribution in [0.3, 0.4) is 0 Å².